The van der Waals surface area contributed by atoms with Crippen molar-refractivity contribution in [3.05, 3.63) is 29.0 Å². The third-order valence-electron chi connectivity index (χ3n) is 2.12. The molecule has 0 heterocycles. The maximum atomic E-state index is 12.8. The van der Waals surface area contributed by atoms with Crippen LogP contribution < -0.4 is 5.32 Å². The molecular formula is C11H11ClFNO3. The molecule has 2 N–H and O–H groups in total. The number of amides is 1. The Morgan fingerprint density at radius 3 is 2.71 bits per heavy atom. The number of aliphatic carboxylic acids is 1. The predicted octanol–water partition coefficient (Wildman–Crippen LogP) is 2.53. The second kappa shape index (κ2) is 5.63. The van der Waals surface area contributed by atoms with Crippen LogP contribution in [-0.2, 0) is 9.59 Å². The first-order chi connectivity index (χ1) is 7.90. The molecule has 0 aliphatic carbocycles. The zero-order valence-corrected chi connectivity index (χ0v) is 9.79. The highest BCUT2D eigenvalue weighted by atomic mass is 35.5. The van der Waals surface area contributed by atoms with Crippen molar-refractivity contribution in [2.75, 3.05) is 5.32 Å². The van der Waals surface area contributed by atoms with Crippen molar-refractivity contribution in [3.8, 4) is 0 Å². The molecule has 0 aliphatic rings. The summed E-state index contributed by atoms with van der Waals surface area (Å²) in [5, 5.41) is 10.9. The maximum Gasteiger partial charge on any atom is 0.304 e. The zero-order chi connectivity index (χ0) is 13.0. The van der Waals surface area contributed by atoms with E-state index in [1.165, 1.54) is 19.1 Å². The van der Waals surface area contributed by atoms with Crippen molar-refractivity contribution < 1.29 is 19.1 Å². The van der Waals surface area contributed by atoms with Gasteiger partial charge in [-0.3, -0.25) is 9.59 Å². The Morgan fingerprint density at radius 1 is 1.53 bits per heavy atom. The molecule has 0 aromatic heterocycles. The second-order valence-corrected chi connectivity index (χ2v) is 4.02. The minimum atomic E-state index is -1.05. The summed E-state index contributed by atoms with van der Waals surface area (Å²) in [5.74, 6) is -2.75. The third kappa shape index (κ3) is 4.03. The highest BCUT2D eigenvalue weighted by Crippen LogP contribution is 2.20. The second-order valence-electron chi connectivity index (χ2n) is 3.62. The van der Waals surface area contributed by atoms with Gasteiger partial charge in [0.1, 0.15) is 5.82 Å². The predicted molar refractivity (Wildman–Crippen MR) is 61.5 cm³/mol. The van der Waals surface area contributed by atoms with Crippen LogP contribution in [0.2, 0.25) is 5.02 Å². The molecule has 0 aliphatic heterocycles. The minimum absolute atomic E-state index is 0.103. The van der Waals surface area contributed by atoms with E-state index < -0.39 is 23.6 Å². The van der Waals surface area contributed by atoms with Gasteiger partial charge in [0.15, 0.2) is 0 Å². The number of hydrogen-bond donors (Lipinski definition) is 2. The number of hydrogen-bond acceptors (Lipinski definition) is 2. The molecule has 0 radical (unpaired) electrons. The number of carbonyl (C=O) groups is 2. The summed E-state index contributed by atoms with van der Waals surface area (Å²) in [4.78, 5) is 21.9. The van der Waals surface area contributed by atoms with Gasteiger partial charge >= 0.3 is 5.97 Å². The van der Waals surface area contributed by atoms with Gasteiger partial charge in [0.25, 0.3) is 0 Å². The van der Waals surface area contributed by atoms with Crippen molar-refractivity contribution in [1.29, 1.82) is 0 Å². The smallest absolute Gasteiger partial charge is 0.304 e. The van der Waals surface area contributed by atoms with E-state index in [4.69, 9.17) is 16.7 Å². The first-order valence-electron chi connectivity index (χ1n) is 4.88. The standard InChI is InChI=1S/C11H11ClFNO3/c1-6(4-10(15)16)11(17)14-7-2-3-9(13)8(12)5-7/h2-3,5-6H,4H2,1H3,(H,14,17)(H,15,16). The molecule has 1 rings (SSSR count). The number of carboxylic acid groups (broad SMARTS) is 1. The van der Waals surface area contributed by atoms with Crippen LogP contribution in [0.25, 0.3) is 0 Å². The Labute approximate surface area is 102 Å². The summed E-state index contributed by atoms with van der Waals surface area (Å²) in [6, 6.07) is 3.74. The first kappa shape index (κ1) is 13.4. The van der Waals surface area contributed by atoms with E-state index in [1.54, 1.807) is 0 Å². The van der Waals surface area contributed by atoms with Crippen LogP contribution in [0.4, 0.5) is 10.1 Å². The molecule has 0 saturated carbocycles. The highest BCUT2D eigenvalue weighted by molar-refractivity contribution is 6.31. The summed E-state index contributed by atoms with van der Waals surface area (Å²) in [6.45, 7) is 1.49. The number of halogens is 2. The molecule has 1 unspecified atom stereocenters. The Bertz CT molecular complexity index is 450. The highest BCUT2D eigenvalue weighted by Gasteiger charge is 2.16. The van der Waals surface area contributed by atoms with Gasteiger partial charge in [-0.05, 0) is 18.2 Å². The Kier molecular flexibility index (Phi) is 4.45. The molecule has 17 heavy (non-hydrogen) atoms. The molecule has 0 fully saturated rings. The molecular weight excluding hydrogens is 249 g/mol. The summed E-state index contributed by atoms with van der Waals surface area (Å²) >= 11 is 5.54. The lowest BCUT2D eigenvalue weighted by atomic mass is 10.1. The van der Waals surface area contributed by atoms with Crippen molar-refractivity contribution in [2.24, 2.45) is 5.92 Å². The Balaban J connectivity index is 2.67. The van der Waals surface area contributed by atoms with Crippen LogP contribution in [0.1, 0.15) is 13.3 Å². The SMILES string of the molecule is CC(CC(=O)O)C(=O)Nc1ccc(F)c(Cl)c1. The fourth-order valence-electron chi connectivity index (χ4n) is 1.19. The summed E-state index contributed by atoms with van der Waals surface area (Å²) in [7, 11) is 0. The fourth-order valence-corrected chi connectivity index (χ4v) is 1.37. The van der Waals surface area contributed by atoms with E-state index in [1.807, 2.05) is 0 Å². The maximum absolute atomic E-state index is 12.8. The Morgan fingerprint density at radius 2 is 2.18 bits per heavy atom. The number of carboxylic acids is 1. The largest absolute Gasteiger partial charge is 0.481 e. The summed E-state index contributed by atoms with van der Waals surface area (Å²) < 4.78 is 12.8. The van der Waals surface area contributed by atoms with Crippen LogP contribution in [0, 0.1) is 11.7 Å². The number of carbonyl (C=O) groups excluding carboxylic acids is 1. The minimum Gasteiger partial charge on any atom is -0.481 e. The molecule has 0 spiro atoms. The van der Waals surface area contributed by atoms with Gasteiger partial charge in [0.2, 0.25) is 5.91 Å². The monoisotopic (exact) mass is 259 g/mol. The van der Waals surface area contributed by atoms with Crippen molar-refractivity contribution in [3.63, 3.8) is 0 Å². The van der Waals surface area contributed by atoms with Gasteiger partial charge in [-0.1, -0.05) is 18.5 Å². The molecule has 0 bridgehead atoms. The Hall–Kier alpha value is -1.62. The summed E-state index contributed by atoms with van der Waals surface area (Å²) in [6.07, 6.45) is -0.263. The fraction of sp³-hybridized carbons (Fsp3) is 0.273. The van der Waals surface area contributed by atoms with Gasteiger partial charge < -0.3 is 10.4 Å². The average Bonchev–Trinajstić information content (AvgIpc) is 2.22. The summed E-state index contributed by atoms with van der Waals surface area (Å²) in [5.41, 5.74) is 0.332. The van der Waals surface area contributed by atoms with E-state index in [2.05, 4.69) is 5.32 Å². The molecule has 0 saturated heterocycles. The number of nitrogens with one attached hydrogen (secondary N) is 1. The molecule has 1 aromatic carbocycles. The van der Waals surface area contributed by atoms with Crippen LogP contribution in [0.15, 0.2) is 18.2 Å². The van der Waals surface area contributed by atoms with Crippen molar-refractivity contribution in [2.45, 2.75) is 13.3 Å². The van der Waals surface area contributed by atoms with Crippen molar-refractivity contribution in [1.82, 2.24) is 0 Å². The third-order valence-corrected chi connectivity index (χ3v) is 2.41. The van der Waals surface area contributed by atoms with Crippen LogP contribution in [0.3, 0.4) is 0 Å². The molecule has 6 heteroatoms. The van der Waals surface area contributed by atoms with Gasteiger partial charge in [0.05, 0.1) is 11.4 Å². The lowest BCUT2D eigenvalue weighted by molar-refractivity contribution is -0.139. The lowest BCUT2D eigenvalue weighted by Gasteiger charge is -2.10. The van der Waals surface area contributed by atoms with Gasteiger partial charge in [0, 0.05) is 11.6 Å². The van der Waals surface area contributed by atoms with Crippen LogP contribution >= 0.6 is 11.6 Å². The van der Waals surface area contributed by atoms with Crippen LogP contribution in [0.5, 0.6) is 0 Å². The van der Waals surface area contributed by atoms with Crippen LogP contribution in [-0.4, -0.2) is 17.0 Å². The molecule has 92 valence electrons. The van der Waals surface area contributed by atoms with E-state index in [9.17, 15) is 14.0 Å². The zero-order valence-electron chi connectivity index (χ0n) is 9.04. The van der Waals surface area contributed by atoms with E-state index in [0.717, 1.165) is 6.07 Å². The number of benzene rings is 1. The molecule has 1 atom stereocenters. The quantitative estimate of drug-likeness (QED) is 0.873. The molecule has 1 amide bonds. The number of rotatable bonds is 4. The number of anilines is 1. The van der Waals surface area contributed by atoms with Gasteiger partial charge in [-0.25, -0.2) is 4.39 Å². The van der Waals surface area contributed by atoms with E-state index in [0.29, 0.717) is 5.69 Å². The van der Waals surface area contributed by atoms with Gasteiger partial charge in [-0.15, -0.1) is 0 Å². The van der Waals surface area contributed by atoms with Crippen molar-refractivity contribution >= 4 is 29.2 Å². The van der Waals surface area contributed by atoms with Gasteiger partial charge in [-0.2, -0.15) is 0 Å². The lowest BCUT2D eigenvalue weighted by Crippen LogP contribution is -2.22. The van der Waals surface area contributed by atoms with E-state index in [-0.39, 0.29) is 11.4 Å². The first-order valence-corrected chi connectivity index (χ1v) is 5.25. The topological polar surface area (TPSA) is 66.4 Å². The van der Waals surface area contributed by atoms with E-state index >= 15 is 0 Å². The average molecular weight is 260 g/mol. The normalized spacial score (nSPS) is 11.9. The molecule has 1 aromatic rings. The molecule has 4 nitrogen and oxygen atoms in total.